The average Bonchev–Trinajstić information content (AvgIpc) is 2.30. The average molecular weight is 191 g/mol. The zero-order valence-electron chi connectivity index (χ0n) is 7.39. The third kappa shape index (κ3) is 1.42. The first-order valence-corrected chi connectivity index (χ1v) is 3.98. The van der Waals surface area contributed by atoms with E-state index in [-0.39, 0.29) is 21.7 Å². The van der Waals surface area contributed by atoms with Gasteiger partial charge in [-0.2, -0.15) is 5.56 Å². The molecule has 1 aromatic rings. The van der Waals surface area contributed by atoms with Crippen LogP contribution in [0, 0.1) is 6.08 Å². The van der Waals surface area contributed by atoms with Crippen molar-refractivity contribution in [1.82, 2.24) is 0 Å². The molecule has 0 aromatic heterocycles. The van der Waals surface area contributed by atoms with Crippen molar-refractivity contribution < 1.29 is 21.7 Å². The maximum Gasteiger partial charge on any atom is 0 e. The van der Waals surface area contributed by atoms with Crippen molar-refractivity contribution in [3.8, 4) is 0 Å². The molecule has 0 N–H and O–H groups in total. The molecule has 0 bridgehead atoms. The van der Waals surface area contributed by atoms with E-state index in [0.717, 1.165) is 0 Å². The smallest absolute Gasteiger partial charge is 0 e. The Morgan fingerprint density at radius 1 is 1.25 bits per heavy atom. The third-order valence-corrected chi connectivity index (χ3v) is 2.26. The Morgan fingerprint density at radius 2 is 1.92 bits per heavy atom. The van der Waals surface area contributed by atoms with Crippen molar-refractivity contribution in [2.24, 2.45) is 0 Å². The van der Waals surface area contributed by atoms with Crippen LogP contribution in [0.25, 0.3) is 5.57 Å². The molecule has 1 aliphatic rings. The molecule has 0 amide bonds. The van der Waals surface area contributed by atoms with Crippen LogP contribution in [0.4, 0.5) is 0 Å². The van der Waals surface area contributed by atoms with Crippen molar-refractivity contribution >= 4 is 5.57 Å². The fraction of sp³-hybridized carbons (Fsp3) is 0.273. The molecule has 1 heteroatoms. The van der Waals surface area contributed by atoms with Gasteiger partial charge in [0.05, 0.1) is 0 Å². The quantitative estimate of drug-likeness (QED) is 0.436. The Bertz CT molecular complexity index is 313. The van der Waals surface area contributed by atoms with Gasteiger partial charge in [-0.3, -0.25) is 6.08 Å². The van der Waals surface area contributed by atoms with Gasteiger partial charge in [-0.15, -0.1) is 11.6 Å². The molecule has 0 fully saturated rings. The van der Waals surface area contributed by atoms with Crippen LogP contribution in [0.2, 0.25) is 0 Å². The Labute approximate surface area is 88.6 Å². The van der Waals surface area contributed by atoms with Crippen LogP contribution in [-0.4, -0.2) is 0 Å². The van der Waals surface area contributed by atoms with E-state index in [9.17, 15) is 0 Å². The molecular formula is C11H11Ti-. The van der Waals surface area contributed by atoms with Gasteiger partial charge in [-0.25, -0.2) is 5.57 Å². The van der Waals surface area contributed by atoms with Crippen molar-refractivity contribution in [1.29, 1.82) is 0 Å². The van der Waals surface area contributed by atoms with Crippen LogP contribution < -0.4 is 0 Å². The molecule has 0 spiro atoms. The zero-order valence-corrected chi connectivity index (χ0v) is 8.95. The first-order chi connectivity index (χ1) is 5.29. The molecule has 0 saturated heterocycles. The molecule has 0 nitrogen and oxygen atoms in total. The summed E-state index contributed by atoms with van der Waals surface area (Å²) in [6, 6.07) is 8.53. The molecule has 1 atom stereocenters. The van der Waals surface area contributed by atoms with E-state index >= 15 is 0 Å². The predicted molar refractivity (Wildman–Crippen MR) is 47.2 cm³/mol. The first kappa shape index (κ1) is 9.76. The largest absolute Gasteiger partial charge is 0.266 e. The molecule has 0 heterocycles. The van der Waals surface area contributed by atoms with Gasteiger partial charge in [0.2, 0.25) is 0 Å². The summed E-state index contributed by atoms with van der Waals surface area (Å²) in [5.74, 6) is 0.492. The van der Waals surface area contributed by atoms with Crippen LogP contribution in [0.3, 0.4) is 0 Å². The van der Waals surface area contributed by atoms with E-state index in [2.05, 4.69) is 44.2 Å². The molecule has 1 aliphatic carbocycles. The minimum absolute atomic E-state index is 0. The molecular weight excluding hydrogens is 180 g/mol. The summed E-state index contributed by atoms with van der Waals surface area (Å²) in [6.07, 6.45) is 3.40. The molecule has 0 saturated carbocycles. The maximum atomic E-state index is 3.40. The van der Waals surface area contributed by atoms with Gasteiger partial charge in [0, 0.05) is 21.7 Å². The van der Waals surface area contributed by atoms with Crippen molar-refractivity contribution in [3.63, 3.8) is 0 Å². The van der Waals surface area contributed by atoms with Gasteiger partial charge in [0.1, 0.15) is 0 Å². The standard InChI is InChI=1S/C11H11.Ti/c1-8-7-9(2)11-6-4-3-5-10(8)11;/h3-6,8H,1-2H3;/q-1;. The molecule has 1 aromatic carbocycles. The van der Waals surface area contributed by atoms with Crippen LogP contribution in [0.5, 0.6) is 0 Å². The Morgan fingerprint density at radius 3 is 2.58 bits per heavy atom. The predicted octanol–water partition coefficient (Wildman–Crippen LogP) is 3.01. The van der Waals surface area contributed by atoms with Crippen molar-refractivity contribution in [2.45, 2.75) is 19.8 Å². The van der Waals surface area contributed by atoms with Gasteiger partial charge >= 0.3 is 0 Å². The topological polar surface area (TPSA) is 0 Å². The van der Waals surface area contributed by atoms with E-state index in [4.69, 9.17) is 0 Å². The van der Waals surface area contributed by atoms with Gasteiger partial charge in [-0.05, 0) is 0 Å². The molecule has 0 aliphatic heterocycles. The SMILES string of the molecule is CC1=[C-]C(C)c2ccccc21.[Ti]. The Balaban J connectivity index is 0.000000720. The maximum absolute atomic E-state index is 3.40. The molecule has 1 unspecified atom stereocenters. The minimum Gasteiger partial charge on any atom is -0.266 e. The second-order valence-corrected chi connectivity index (χ2v) is 3.08. The number of benzene rings is 1. The minimum atomic E-state index is 0. The van der Waals surface area contributed by atoms with Crippen molar-refractivity contribution in [3.05, 3.63) is 41.5 Å². The summed E-state index contributed by atoms with van der Waals surface area (Å²) < 4.78 is 0. The van der Waals surface area contributed by atoms with Crippen LogP contribution >= 0.6 is 0 Å². The first-order valence-electron chi connectivity index (χ1n) is 3.98. The number of hydrogen-bond acceptors (Lipinski definition) is 0. The molecule has 12 heavy (non-hydrogen) atoms. The fourth-order valence-electron chi connectivity index (χ4n) is 1.70. The van der Waals surface area contributed by atoms with Gasteiger partial charge in [-0.1, -0.05) is 38.0 Å². The normalized spacial score (nSPS) is 19.5. The molecule has 60 valence electrons. The van der Waals surface area contributed by atoms with E-state index in [1.54, 1.807) is 0 Å². The summed E-state index contributed by atoms with van der Waals surface area (Å²) in [5, 5.41) is 0. The van der Waals surface area contributed by atoms with Crippen LogP contribution in [0.1, 0.15) is 30.9 Å². The van der Waals surface area contributed by atoms with E-state index < -0.39 is 0 Å². The Hall–Kier alpha value is -0.326. The van der Waals surface area contributed by atoms with Crippen LogP contribution in [0.15, 0.2) is 24.3 Å². The summed E-state index contributed by atoms with van der Waals surface area (Å²) >= 11 is 0. The summed E-state index contributed by atoms with van der Waals surface area (Å²) in [5.41, 5.74) is 4.10. The number of hydrogen-bond donors (Lipinski definition) is 0. The van der Waals surface area contributed by atoms with E-state index in [0.29, 0.717) is 5.92 Å². The van der Waals surface area contributed by atoms with E-state index in [1.165, 1.54) is 16.7 Å². The molecule has 0 radical (unpaired) electrons. The Kier molecular flexibility index (Phi) is 2.92. The van der Waals surface area contributed by atoms with E-state index in [1.807, 2.05) is 0 Å². The van der Waals surface area contributed by atoms with Gasteiger partial charge in [0.15, 0.2) is 0 Å². The van der Waals surface area contributed by atoms with Crippen molar-refractivity contribution in [2.75, 3.05) is 0 Å². The third-order valence-electron chi connectivity index (χ3n) is 2.26. The fourth-order valence-corrected chi connectivity index (χ4v) is 1.70. The number of allylic oxidation sites excluding steroid dienone is 2. The second kappa shape index (κ2) is 3.59. The van der Waals surface area contributed by atoms with Gasteiger partial charge < -0.3 is 0 Å². The monoisotopic (exact) mass is 191 g/mol. The summed E-state index contributed by atoms with van der Waals surface area (Å²) in [4.78, 5) is 0. The van der Waals surface area contributed by atoms with Gasteiger partial charge in [0.25, 0.3) is 0 Å². The zero-order chi connectivity index (χ0) is 7.84. The number of rotatable bonds is 0. The second-order valence-electron chi connectivity index (χ2n) is 3.08. The summed E-state index contributed by atoms with van der Waals surface area (Å²) in [7, 11) is 0. The molecule has 2 rings (SSSR count). The van der Waals surface area contributed by atoms with Crippen LogP contribution in [-0.2, 0) is 21.7 Å². The number of fused-ring (bicyclic) bond motifs is 1. The summed E-state index contributed by atoms with van der Waals surface area (Å²) in [6.45, 7) is 4.32.